The molecule has 5 rings (SSSR count). The summed E-state index contributed by atoms with van der Waals surface area (Å²) in [7, 11) is -3.61. The van der Waals surface area contributed by atoms with Crippen LogP contribution in [0.4, 0.5) is 0 Å². The van der Waals surface area contributed by atoms with E-state index in [-0.39, 0.29) is 34.1 Å². The van der Waals surface area contributed by atoms with Gasteiger partial charge in [0.05, 0.1) is 10.5 Å². The number of rotatable bonds is 6. The van der Waals surface area contributed by atoms with Crippen molar-refractivity contribution in [1.82, 2.24) is 14.5 Å². The van der Waals surface area contributed by atoms with Gasteiger partial charge in [-0.2, -0.15) is 0 Å². The van der Waals surface area contributed by atoms with E-state index in [0.29, 0.717) is 50.1 Å². The molecule has 34 heavy (non-hydrogen) atoms. The molecule has 2 saturated carbocycles. The van der Waals surface area contributed by atoms with Gasteiger partial charge in [-0.1, -0.05) is 18.2 Å². The number of carbonyl (C=O) groups is 2. The Morgan fingerprint density at radius 2 is 1.59 bits per heavy atom. The van der Waals surface area contributed by atoms with Crippen LogP contribution < -0.4 is 4.72 Å². The second-order valence-electron chi connectivity index (χ2n) is 9.27. The van der Waals surface area contributed by atoms with Crippen LogP contribution in [0.5, 0.6) is 5.75 Å². The Kier molecular flexibility index (Phi) is 5.62. The quantitative estimate of drug-likeness (QED) is 0.566. The van der Waals surface area contributed by atoms with E-state index in [1.54, 1.807) is 34.1 Å². The fourth-order valence-electron chi connectivity index (χ4n) is 4.13. The largest absolute Gasteiger partial charge is 0.507 e. The summed E-state index contributed by atoms with van der Waals surface area (Å²) in [4.78, 5) is 28.6. The van der Waals surface area contributed by atoms with Crippen LogP contribution in [-0.4, -0.2) is 78.1 Å². The van der Waals surface area contributed by atoms with E-state index in [1.807, 2.05) is 0 Å². The first-order valence-corrected chi connectivity index (χ1v) is 12.9. The van der Waals surface area contributed by atoms with E-state index in [0.717, 1.165) is 12.8 Å². The molecule has 2 aliphatic carbocycles. The number of aromatic hydroxyl groups is 1. The van der Waals surface area contributed by atoms with Crippen LogP contribution in [0.25, 0.3) is 11.1 Å². The number of phenolic OH excluding ortho intramolecular Hbond substituents is 1. The molecule has 2 aromatic carbocycles. The van der Waals surface area contributed by atoms with Gasteiger partial charge in [0.25, 0.3) is 11.8 Å². The Labute approximate surface area is 198 Å². The molecule has 0 unspecified atom stereocenters. The number of hydrogen-bond acceptors (Lipinski definition) is 6. The van der Waals surface area contributed by atoms with Crippen molar-refractivity contribution in [2.75, 3.05) is 26.2 Å². The molecule has 10 heteroatoms. The van der Waals surface area contributed by atoms with E-state index in [9.17, 15) is 28.2 Å². The molecule has 0 radical (unpaired) electrons. The molecule has 0 bridgehead atoms. The molecule has 3 aliphatic rings. The van der Waals surface area contributed by atoms with Gasteiger partial charge in [0, 0.05) is 32.2 Å². The lowest BCUT2D eigenvalue weighted by atomic mass is 10.0. The number of aliphatic hydroxyl groups is 1. The zero-order valence-corrected chi connectivity index (χ0v) is 19.4. The van der Waals surface area contributed by atoms with Gasteiger partial charge in [-0.3, -0.25) is 9.59 Å². The van der Waals surface area contributed by atoms with Crippen molar-refractivity contribution in [3.8, 4) is 16.9 Å². The minimum Gasteiger partial charge on any atom is -0.507 e. The van der Waals surface area contributed by atoms with Crippen LogP contribution in [0.2, 0.25) is 0 Å². The maximum absolute atomic E-state index is 13.0. The first-order chi connectivity index (χ1) is 16.2. The lowest BCUT2D eigenvalue weighted by Crippen LogP contribution is -2.53. The van der Waals surface area contributed by atoms with Gasteiger partial charge in [0.15, 0.2) is 0 Å². The van der Waals surface area contributed by atoms with Crippen LogP contribution in [0.15, 0.2) is 47.4 Å². The second-order valence-corrected chi connectivity index (χ2v) is 11.0. The minimum atomic E-state index is -3.61. The summed E-state index contributed by atoms with van der Waals surface area (Å²) in [5.41, 5.74) is 0.123. The fraction of sp³-hybridized carbons (Fsp3) is 0.417. The maximum Gasteiger partial charge on any atom is 0.257 e. The highest BCUT2D eigenvalue weighted by Gasteiger charge is 2.50. The smallest absolute Gasteiger partial charge is 0.257 e. The monoisotopic (exact) mass is 485 g/mol. The number of phenols is 1. The molecule has 0 aromatic heterocycles. The predicted molar refractivity (Wildman–Crippen MR) is 124 cm³/mol. The van der Waals surface area contributed by atoms with Crippen LogP contribution in [0, 0.1) is 0 Å². The van der Waals surface area contributed by atoms with Gasteiger partial charge in [0.1, 0.15) is 11.4 Å². The van der Waals surface area contributed by atoms with Crippen molar-refractivity contribution in [3.05, 3.63) is 48.0 Å². The first-order valence-electron chi connectivity index (χ1n) is 11.4. The molecule has 9 nitrogen and oxygen atoms in total. The van der Waals surface area contributed by atoms with Gasteiger partial charge >= 0.3 is 0 Å². The number of hydrogen-bond donors (Lipinski definition) is 3. The maximum atomic E-state index is 13.0. The minimum absolute atomic E-state index is 0.00134. The second kappa shape index (κ2) is 8.37. The van der Waals surface area contributed by atoms with Crippen molar-refractivity contribution in [2.45, 2.75) is 42.2 Å². The van der Waals surface area contributed by atoms with Crippen LogP contribution in [0.1, 0.15) is 36.0 Å². The molecule has 3 fully saturated rings. The molecule has 0 spiro atoms. The summed E-state index contributed by atoms with van der Waals surface area (Å²) in [5.74, 6) is -0.813. The lowest BCUT2D eigenvalue weighted by Gasteiger charge is -2.35. The topological polar surface area (TPSA) is 127 Å². The molecular formula is C24H27N3O6S. The number of benzene rings is 2. The van der Waals surface area contributed by atoms with Gasteiger partial charge < -0.3 is 20.0 Å². The highest BCUT2D eigenvalue weighted by atomic mass is 32.2. The molecule has 1 saturated heterocycles. The Morgan fingerprint density at radius 3 is 2.21 bits per heavy atom. The molecule has 0 atom stereocenters. The third kappa shape index (κ3) is 4.53. The van der Waals surface area contributed by atoms with Gasteiger partial charge in [-0.15, -0.1) is 0 Å². The van der Waals surface area contributed by atoms with Crippen LogP contribution in [-0.2, 0) is 14.8 Å². The predicted octanol–water partition coefficient (Wildman–Crippen LogP) is 1.31. The van der Waals surface area contributed by atoms with Gasteiger partial charge in [-0.25, -0.2) is 13.1 Å². The molecular weight excluding hydrogens is 458 g/mol. The SMILES string of the molecule is O=C(c1ccc(-c2cccc(S(=O)(=O)NC3CC3)c2)cc1O)N1CCN(C(=O)C2(O)CC2)CC1. The standard InChI is InChI=1S/C24H27N3O6S/c28-21-15-17(16-2-1-3-19(14-16)34(32,33)25-18-5-6-18)4-7-20(21)22(29)26-10-12-27(13-11-26)23(30)24(31)8-9-24/h1-4,7,14-15,18,25,28,31H,5-6,8-13H2. The summed E-state index contributed by atoms with van der Waals surface area (Å²) in [6.07, 6.45) is 2.65. The lowest BCUT2D eigenvalue weighted by molar-refractivity contribution is -0.143. The summed E-state index contributed by atoms with van der Waals surface area (Å²) < 4.78 is 27.7. The Balaban J connectivity index is 1.28. The van der Waals surface area contributed by atoms with Crippen molar-refractivity contribution < 1.29 is 28.2 Å². The van der Waals surface area contributed by atoms with Crippen LogP contribution >= 0.6 is 0 Å². The number of carbonyl (C=O) groups excluding carboxylic acids is 2. The first kappa shape index (κ1) is 22.8. The average molecular weight is 486 g/mol. The highest BCUT2D eigenvalue weighted by Crippen LogP contribution is 2.37. The summed E-state index contributed by atoms with van der Waals surface area (Å²) in [6.45, 7) is 1.30. The van der Waals surface area contributed by atoms with Crippen molar-refractivity contribution in [3.63, 3.8) is 0 Å². The average Bonchev–Trinajstić information content (AvgIpc) is 3.77. The molecule has 180 valence electrons. The third-order valence-electron chi connectivity index (χ3n) is 6.58. The van der Waals surface area contributed by atoms with Gasteiger partial charge in [-0.05, 0) is 61.1 Å². The summed E-state index contributed by atoms with van der Waals surface area (Å²) in [6, 6.07) is 11.1. The number of sulfonamides is 1. The van der Waals surface area contributed by atoms with E-state index in [2.05, 4.69) is 4.72 Å². The fourth-order valence-corrected chi connectivity index (χ4v) is 5.48. The number of nitrogens with zero attached hydrogens (tertiary/aromatic N) is 2. The zero-order chi connectivity index (χ0) is 24.1. The molecule has 2 amide bonds. The molecule has 2 aromatic rings. The summed E-state index contributed by atoms with van der Waals surface area (Å²) >= 11 is 0. The zero-order valence-electron chi connectivity index (χ0n) is 18.6. The normalized spacial score (nSPS) is 19.7. The van der Waals surface area contributed by atoms with E-state index in [4.69, 9.17) is 0 Å². The molecule has 1 aliphatic heterocycles. The van der Waals surface area contributed by atoms with Gasteiger partial charge in [0.2, 0.25) is 10.0 Å². The molecule has 3 N–H and O–H groups in total. The third-order valence-corrected chi connectivity index (χ3v) is 8.10. The number of amides is 2. The van der Waals surface area contributed by atoms with E-state index < -0.39 is 15.6 Å². The Hall–Kier alpha value is -2.95. The van der Waals surface area contributed by atoms with E-state index >= 15 is 0 Å². The number of piperazine rings is 1. The Morgan fingerprint density at radius 1 is 0.941 bits per heavy atom. The summed E-state index contributed by atoms with van der Waals surface area (Å²) in [5, 5.41) is 20.6. The molecule has 1 heterocycles. The highest BCUT2D eigenvalue weighted by molar-refractivity contribution is 7.89. The van der Waals surface area contributed by atoms with Crippen molar-refractivity contribution in [1.29, 1.82) is 0 Å². The Bertz CT molecular complexity index is 1250. The van der Waals surface area contributed by atoms with Crippen molar-refractivity contribution >= 4 is 21.8 Å². The van der Waals surface area contributed by atoms with E-state index in [1.165, 1.54) is 18.2 Å². The van der Waals surface area contributed by atoms with Crippen LogP contribution in [0.3, 0.4) is 0 Å². The van der Waals surface area contributed by atoms with Crippen molar-refractivity contribution in [2.24, 2.45) is 0 Å². The number of nitrogens with one attached hydrogen (secondary N) is 1.